The number of halogens is 4. The highest BCUT2D eigenvalue weighted by Crippen LogP contribution is 2.31. The Morgan fingerprint density at radius 2 is 1.73 bits per heavy atom. The first kappa shape index (κ1) is 22.6. The van der Waals surface area contributed by atoms with E-state index in [0.29, 0.717) is 11.3 Å². The zero-order valence-corrected chi connectivity index (χ0v) is 18.6. The Labute approximate surface area is 195 Å². The zero-order valence-electron chi connectivity index (χ0n) is 17.0. The molecule has 0 saturated heterocycles. The molecular weight excluding hydrogens is 499 g/mol. The Bertz CT molecular complexity index is 1260. The van der Waals surface area contributed by atoms with E-state index in [0.717, 1.165) is 27.9 Å². The van der Waals surface area contributed by atoms with Crippen molar-refractivity contribution in [3.63, 3.8) is 0 Å². The molecule has 4 rings (SSSR count). The van der Waals surface area contributed by atoms with Crippen molar-refractivity contribution in [3.8, 4) is 16.9 Å². The summed E-state index contributed by atoms with van der Waals surface area (Å²) in [6.45, 7) is -0.122. The fourth-order valence-corrected chi connectivity index (χ4v) is 3.41. The summed E-state index contributed by atoms with van der Waals surface area (Å²) in [4.78, 5) is 12.3. The first-order valence-electron chi connectivity index (χ1n) is 9.80. The van der Waals surface area contributed by atoms with Crippen molar-refractivity contribution in [3.05, 3.63) is 101 Å². The molecule has 0 aliphatic heterocycles. The van der Waals surface area contributed by atoms with Crippen molar-refractivity contribution < 1.29 is 22.7 Å². The molecule has 0 aliphatic rings. The maximum atomic E-state index is 12.9. The predicted octanol–water partition coefficient (Wildman–Crippen LogP) is 7.07. The van der Waals surface area contributed by atoms with E-state index in [9.17, 15) is 18.0 Å². The minimum atomic E-state index is -4.51. The van der Waals surface area contributed by atoms with E-state index in [1.807, 2.05) is 54.6 Å². The Hall–Kier alpha value is -3.59. The minimum Gasteiger partial charge on any atom is -0.444 e. The third-order valence-corrected chi connectivity index (χ3v) is 5.25. The molecule has 168 valence electrons. The number of benzene rings is 3. The van der Waals surface area contributed by atoms with Gasteiger partial charge in [-0.25, -0.2) is 9.48 Å². The molecule has 0 unspecified atom stereocenters. The van der Waals surface area contributed by atoms with Crippen LogP contribution in [0.25, 0.3) is 16.9 Å². The number of carbonyl (C=O) groups excluding carboxylic acids is 1. The van der Waals surface area contributed by atoms with E-state index in [1.54, 1.807) is 10.9 Å². The number of amides is 1. The van der Waals surface area contributed by atoms with Gasteiger partial charge >= 0.3 is 12.3 Å². The number of ether oxygens (including phenoxy) is 1. The molecule has 5 nitrogen and oxygen atoms in total. The lowest BCUT2D eigenvalue weighted by molar-refractivity contribution is -0.137. The van der Waals surface area contributed by atoms with Gasteiger partial charge in [-0.1, -0.05) is 52.3 Å². The highest BCUT2D eigenvalue weighted by Gasteiger charge is 2.30. The van der Waals surface area contributed by atoms with Gasteiger partial charge in [0.05, 0.1) is 16.9 Å². The van der Waals surface area contributed by atoms with E-state index >= 15 is 0 Å². The van der Waals surface area contributed by atoms with Crippen LogP contribution in [0.4, 0.5) is 23.7 Å². The van der Waals surface area contributed by atoms with Crippen LogP contribution < -0.4 is 5.32 Å². The standard InChI is InChI=1S/C24H17BrF3N3O2/c25-19-11-9-16(10-12-19)22-17(14-31(30-22)21-7-2-1-3-8-21)15-33-23(32)29-20-6-4-5-18(13-20)24(26,27)28/h1-14H,15H2,(H,29,32). The molecule has 1 amide bonds. The fourth-order valence-electron chi connectivity index (χ4n) is 3.15. The molecule has 0 radical (unpaired) electrons. The van der Waals surface area contributed by atoms with Crippen LogP contribution in [-0.4, -0.2) is 15.9 Å². The second-order valence-electron chi connectivity index (χ2n) is 7.07. The summed E-state index contributed by atoms with van der Waals surface area (Å²) in [7, 11) is 0. The maximum absolute atomic E-state index is 12.9. The molecule has 33 heavy (non-hydrogen) atoms. The summed E-state index contributed by atoms with van der Waals surface area (Å²) in [5, 5.41) is 6.98. The normalized spacial score (nSPS) is 11.3. The Morgan fingerprint density at radius 1 is 1.00 bits per heavy atom. The van der Waals surface area contributed by atoms with Crippen molar-refractivity contribution in [2.24, 2.45) is 0 Å². The van der Waals surface area contributed by atoms with Gasteiger partial charge in [-0.15, -0.1) is 0 Å². The third-order valence-electron chi connectivity index (χ3n) is 4.72. The molecule has 1 heterocycles. The molecule has 0 bridgehead atoms. The molecule has 9 heteroatoms. The summed E-state index contributed by atoms with van der Waals surface area (Å²) in [5.41, 5.74) is 2.05. The van der Waals surface area contributed by atoms with Crippen molar-refractivity contribution in [1.82, 2.24) is 9.78 Å². The van der Waals surface area contributed by atoms with Crippen LogP contribution in [-0.2, 0) is 17.5 Å². The number of para-hydroxylation sites is 1. The van der Waals surface area contributed by atoms with Crippen molar-refractivity contribution in [2.45, 2.75) is 12.8 Å². The monoisotopic (exact) mass is 515 g/mol. The maximum Gasteiger partial charge on any atom is 0.416 e. The van der Waals surface area contributed by atoms with Gasteiger partial charge in [-0.3, -0.25) is 5.32 Å². The molecule has 0 saturated carbocycles. The number of alkyl halides is 3. The fraction of sp³-hybridized carbons (Fsp3) is 0.0833. The third kappa shape index (κ3) is 5.61. The smallest absolute Gasteiger partial charge is 0.416 e. The summed E-state index contributed by atoms with van der Waals surface area (Å²) in [5.74, 6) is 0. The van der Waals surface area contributed by atoms with Crippen LogP contribution in [0.1, 0.15) is 11.1 Å². The SMILES string of the molecule is O=C(Nc1cccc(C(F)(F)F)c1)OCc1cn(-c2ccccc2)nc1-c1ccc(Br)cc1. The predicted molar refractivity (Wildman–Crippen MR) is 122 cm³/mol. The number of nitrogens with zero attached hydrogens (tertiary/aromatic N) is 2. The van der Waals surface area contributed by atoms with Crippen LogP contribution in [0.3, 0.4) is 0 Å². The van der Waals surface area contributed by atoms with Gasteiger partial charge in [0.25, 0.3) is 0 Å². The van der Waals surface area contributed by atoms with Crippen LogP contribution in [0, 0.1) is 0 Å². The van der Waals surface area contributed by atoms with Crippen LogP contribution in [0.2, 0.25) is 0 Å². The largest absolute Gasteiger partial charge is 0.444 e. The Balaban J connectivity index is 1.54. The van der Waals surface area contributed by atoms with Gasteiger partial charge in [-0.2, -0.15) is 18.3 Å². The summed E-state index contributed by atoms with van der Waals surface area (Å²) in [6.07, 6.45) is -3.62. The summed E-state index contributed by atoms with van der Waals surface area (Å²) >= 11 is 3.40. The first-order chi connectivity index (χ1) is 15.8. The molecule has 0 aliphatic carbocycles. The van der Waals surface area contributed by atoms with E-state index in [1.165, 1.54) is 12.1 Å². The average molecular weight is 516 g/mol. The molecule has 1 aromatic heterocycles. The highest BCUT2D eigenvalue weighted by atomic mass is 79.9. The van der Waals surface area contributed by atoms with Crippen LogP contribution in [0.15, 0.2) is 89.5 Å². The molecule has 4 aromatic rings. The molecule has 0 spiro atoms. The van der Waals surface area contributed by atoms with Crippen molar-refractivity contribution in [1.29, 1.82) is 0 Å². The first-order valence-corrected chi connectivity index (χ1v) is 10.6. The Kier molecular flexibility index (Phi) is 6.50. The van der Waals surface area contributed by atoms with Crippen molar-refractivity contribution in [2.75, 3.05) is 5.32 Å². The lowest BCUT2D eigenvalue weighted by Crippen LogP contribution is -2.14. The number of rotatable bonds is 5. The summed E-state index contributed by atoms with van der Waals surface area (Å²) in [6, 6.07) is 21.3. The number of nitrogens with one attached hydrogen (secondary N) is 1. The molecule has 3 aromatic carbocycles. The zero-order chi connectivity index (χ0) is 23.4. The van der Waals surface area contributed by atoms with Gasteiger partial charge in [0.1, 0.15) is 6.61 Å². The number of anilines is 1. The summed E-state index contributed by atoms with van der Waals surface area (Å²) < 4.78 is 46.6. The molecule has 1 N–H and O–H groups in total. The van der Waals surface area contributed by atoms with Gasteiger partial charge in [0, 0.05) is 27.5 Å². The quantitative estimate of drug-likeness (QED) is 0.309. The number of carbonyl (C=O) groups is 1. The highest BCUT2D eigenvalue weighted by molar-refractivity contribution is 9.10. The van der Waals surface area contributed by atoms with Gasteiger partial charge in [0.2, 0.25) is 0 Å². The lowest BCUT2D eigenvalue weighted by Gasteiger charge is -2.10. The van der Waals surface area contributed by atoms with Gasteiger partial charge in [-0.05, 0) is 42.5 Å². The number of aromatic nitrogens is 2. The second-order valence-corrected chi connectivity index (χ2v) is 7.99. The molecular formula is C24H17BrF3N3O2. The van der Waals surface area contributed by atoms with Crippen LogP contribution in [0.5, 0.6) is 0 Å². The molecule has 0 fully saturated rings. The van der Waals surface area contributed by atoms with E-state index in [2.05, 4.69) is 26.3 Å². The average Bonchev–Trinajstić information content (AvgIpc) is 3.23. The Morgan fingerprint density at radius 3 is 2.42 bits per heavy atom. The van der Waals surface area contributed by atoms with Crippen molar-refractivity contribution >= 4 is 27.7 Å². The number of hydrogen-bond donors (Lipinski definition) is 1. The van der Waals surface area contributed by atoms with E-state index in [-0.39, 0.29) is 12.3 Å². The topological polar surface area (TPSA) is 56.1 Å². The van der Waals surface area contributed by atoms with Gasteiger partial charge < -0.3 is 4.74 Å². The van der Waals surface area contributed by atoms with E-state index < -0.39 is 17.8 Å². The second kappa shape index (κ2) is 9.50. The number of hydrogen-bond acceptors (Lipinski definition) is 3. The van der Waals surface area contributed by atoms with E-state index in [4.69, 9.17) is 4.74 Å². The lowest BCUT2D eigenvalue weighted by atomic mass is 10.1. The minimum absolute atomic E-state index is 0.0112. The molecule has 0 atom stereocenters. The van der Waals surface area contributed by atoms with Crippen LogP contribution >= 0.6 is 15.9 Å². The van der Waals surface area contributed by atoms with Gasteiger partial charge in [0.15, 0.2) is 0 Å².